The molecule has 34 heavy (non-hydrogen) atoms. The molecule has 1 aromatic heterocycles. The number of anilines is 1. The second kappa shape index (κ2) is 11.7. The lowest BCUT2D eigenvalue weighted by Crippen LogP contribution is -2.32. The molecular weight excluding hydrogens is 456 g/mol. The van der Waals surface area contributed by atoms with E-state index < -0.39 is 0 Å². The molecule has 0 aliphatic heterocycles. The van der Waals surface area contributed by atoms with E-state index in [1.54, 1.807) is 31.4 Å². The maximum absolute atomic E-state index is 12.6. The number of benzene rings is 1. The molecule has 2 aromatic rings. The second-order valence-electron chi connectivity index (χ2n) is 8.44. The van der Waals surface area contributed by atoms with Crippen LogP contribution in [0.25, 0.3) is 0 Å². The largest absolute Gasteiger partial charge is 0.496 e. The molecule has 1 aliphatic rings. The van der Waals surface area contributed by atoms with Crippen LogP contribution in [0.5, 0.6) is 5.75 Å². The van der Waals surface area contributed by atoms with Gasteiger partial charge in [-0.05, 0) is 62.8 Å². The number of halogens is 1. The number of pyridine rings is 1. The third-order valence-corrected chi connectivity index (χ3v) is 6.50. The van der Waals surface area contributed by atoms with E-state index in [2.05, 4.69) is 21.7 Å². The first-order valence-corrected chi connectivity index (χ1v) is 11.6. The van der Waals surface area contributed by atoms with E-state index >= 15 is 0 Å². The summed E-state index contributed by atoms with van der Waals surface area (Å²) < 4.78 is 10.2. The Balaban J connectivity index is 1.58. The topological polar surface area (TPSA) is 113 Å². The van der Waals surface area contributed by atoms with Crippen LogP contribution in [-0.2, 0) is 9.53 Å². The van der Waals surface area contributed by atoms with Gasteiger partial charge < -0.3 is 20.1 Å². The summed E-state index contributed by atoms with van der Waals surface area (Å²) in [6.07, 6.45) is 4.78. The summed E-state index contributed by atoms with van der Waals surface area (Å²) in [5.41, 5.74) is 1.69. The minimum Gasteiger partial charge on any atom is -0.496 e. The molecule has 0 radical (unpaired) electrons. The number of rotatable bonds is 8. The number of methoxy groups -OCH3 is 2. The number of hydrogen-bond donors (Lipinski definition) is 2. The van der Waals surface area contributed by atoms with Crippen LogP contribution in [0.2, 0.25) is 5.02 Å². The Kier molecular flexibility index (Phi) is 8.72. The molecule has 1 aliphatic carbocycles. The Morgan fingerprint density at radius 2 is 1.97 bits per heavy atom. The lowest BCUT2D eigenvalue weighted by molar-refractivity contribution is -0.146. The molecule has 180 valence electrons. The molecule has 1 fully saturated rings. The Hall–Kier alpha value is -3.31. The van der Waals surface area contributed by atoms with Crippen LogP contribution in [-0.4, -0.2) is 37.6 Å². The first-order chi connectivity index (χ1) is 16.4. The van der Waals surface area contributed by atoms with Crippen molar-refractivity contribution in [3.8, 4) is 11.8 Å². The second-order valence-corrected chi connectivity index (χ2v) is 8.85. The number of esters is 1. The maximum Gasteiger partial charge on any atom is 0.308 e. The van der Waals surface area contributed by atoms with Crippen molar-refractivity contribution in [2.45, 2.75) is 38.6 Å². The number of aromatic nitrogens is 1. The molecule has 1 saturated carbocycles. The van der Waals surface area contributed by atoms with Gasteiger partial charge in [-0.15, -0.1) is 0 Å². The number of nitriles is 1. The van der Waals surface area contributed by atoms with E-state index in [0.717, 1.165) is 31.2 Å². The van der Waals surface area contributed by atoms with Crippen LogP contribution in [0.1, 0.15) is 60.1 Å². The first kappa shape index (κ1) is 25.3. The summed E-state index contributed by atoms with van der Waals surface area (Å²) in [5, 5.41) is 15.7. The number of carbonyl (C=O) groups is 2. The lowest BCUT2D eigenvalue weighted by atomic mass is 9.82. The summed E-state index contributed by atoms with van der Waals surface area (Å²) in [4.78, 5) is 28.6. The van der Waals surface area contributed by atoms with Gasteiger partial charge in [0.05, 0.1) is 48.4 Å². The average molecular weight is 485 g/mol. The van der Waals surface area contributed by atoms with Gasteiger partial charge in [-0.25, -0.2) is 4.98 Å². The summed E-state index contributed by atoms with van der Waals surface area (Å²) in [7, 11) is 2.99. The highest BCUT2D eigenvalue weighted by atomic mass is 35.5. The zero-order chi connectivity index (χ0) is 24.7. The van der Waals surface area contributed by atoms with E-state index in [-0.39, 0.29) is 23.8 Å². The molecule has 9 heteroatoms. The lowest BCUT2D eigenvalue weighted by Gasteiger charge is -2.27. The summed E-state index contributed by atoms with van der Waals surface area (Å²) in [6.45, 7) is 2.45. The van der Waals surface area contributed by atoms with E-state index in [9.17, 15) is 14.9 Å². The zero-order valence-corrected chi connectivity index (χ0v) is 20.3. The third kappa shape index (κ3) is 6.17. The number of nitrogens with zero attached hydrogens (tertiary/aromatic N) is 2. The number of ether oxygens (including phenoxy) is 2. The molecule has 2 N–H and O–H groups in total. The van der Waals surface area contributed by atoms with Crippen molar-refractivity contribution in [3.63, 3.8) is 0 Å². The van der Waals surface area contributed by atoms with Crippen LogP contribution in [0.4, 0.5) is 5.82 Å². The van der Waals surface area contributed by atoms with Gasteiger partial charge in [-0.1, -0.05) is 11.6 Å². The molecule has 3 rings (SSSR count). The Labute approximate surface area is 204 Å². The first-order valence-electron chi connectivity index (χ1n) is 11.2. The number of hydrogen-bond acceptors (Lipinski definition) is 7. The van der Waals surface area contributed by atoms with Crippen LogP contribution in [0.15, 0.2) is 30.5 Å². The van der Waals surface area contributed by atoms with Crippen molar-refractivity contribution in [3.05, 3.63) is 52.2 Å². The minimum absolute atomic E-state index is 0.0373. The summed E-state index contributed by atoms with van der Waals surface area (Å²) >= 11 is 6.41. The maximum atomic E-state index is 12.6. The number of amides is 1. The molecule has 1 heterocycles. The smallest absolute Gasteiger partial charge is 0.308 e. The van der Waals surface area contributed by atoms with E-state index in [1.807, 2.05) is 6.92 Å². The molecule has 0 spiro atoms. The third-order valence-electron chi connectivity index (χ3n) is 6.21. The normalized spacial score (nSPS) is 18.3. The Morgan fingerprint density at radius 1 is 1.24 bits per heavy atom. The summed E-state index contributed by atoms with van der Waals surface area (Å²) in [6, 6.07) is 8.66. The molecule has 0 unspecified atom stereocenters. The minimum atomic E-state index is -0.243. The van der Waals surface area contributed by atoms with Crippen LogP contribution >= 0.6 is 11.6 Å². The number of nitrogens with one attached hydrogen (secondary N) is 2. The summed E-state index contributed by atoms with van der Waals surface area (Å²) in [5.74, 6) is 0.969. The Bertz CT molecular complexity index is 1080. The predicted molar refractivity (Wildman–Crippen MR) is 129 cm³/mol. The van der Waals surface area contributed by atoms with E-state index in [4.69, 9.17) is 21.1 Å². The van der Waals surface area contributed by atoms with Crippen molar-refractivity contribution >= 4 is 29.3 Å². The average Bonchev–Trinajstić information content (AvgIpc) is 2.87. The highest BCUT2D eigenvalue weighted by molar-refractivity contribution is 6.33. The van der Waals surface area contributed by atoms with E-state index in [0.29, 0.717) is 40.2 Å². The van der Waals surface area contributed by atoms with Crippen molar-refractivity contribution in [2.75, 3.05) is 26.1 Å². The molecule has 1 amide bonds. The van der Waals surface area contributed by atoms with Gasteiger partial charge in [0.1, 0.15) is 11.6 Å². The van der Waals surface area contributed by atoms with Crippen LogP contribution < -0.4 is 15.4 Å². The van der Waals surface area contributed by atoms with Gasteiger partial charge in [0, 0.05) is 18.3 Å². The number of carbonyl (C=O) groups excluding carboxylic acids is 2. The van der Waals surface area contributed by atoms with Crippen molar-refractivity contribution < 1.29 is 19.1 Å². The predicted octanol–water partition coefficient (Wildman–Crippen LogP) is 4.50. The molecule has 0 bridgehead atoms. The van der Waals surface area contributed by atoms with Gasteiger partial charge in [0.25, 0.3) is 5.91 Å². The molecule has 0 saturated heterocycles. The van der Waals surface area contributed by atoms with Gasteiger partial charge in [0.15, 0.2) is 0 Å². The fourth-order valence-corrected chi connectivity index (χ4v) is 4.42. The molecule has 8 nitrogen and oxygen atoms in total. The molecule has 1 atom stereocenters. The van der Waals surface area contributed by atoms with Crippen molar-refractivity contribution in [1.29, 1.82) is 5.26 Å². The fourth-order valence-electron chi connectivity index (χ4n) is 4.20. The highest BCUT2D eigenvalue weighted by Crippen LogP contribution is 2.31. The fraction of sp³-hybridized carbons (Fsp3) is 0.440. The van der Waals surface area contributed by atoms with Crippen molar-refractivity contribution in [2.24, 2.45) is 11.8 Å². The van der Waals surface area contributed by atoms with E-state index in [1.165, 1.54) is 13.3 Å². The van der Waals surface area contributed by atoms with Gasteiger partial charge in [-0.3, -0.25) is 9.59 Å². The van der Waals surface area contributed by atoms with Crippen LogP contribution in [0.3, 0.4) is 0 Å². The quantitative estimate of drug-likeness (QED) is 0.530. The standard InChI is InChI=1S/C25H29ClN4O4/c1-15(20-10-17(12-27)6-9-22(20)33-2)30-23-21(26)11-19(14-28-23)24(31)29-13-16-4-7-18(8-5-16)25(32)34-3/h6,9-11,14-16,18H,4-5,7-8,13H2,1-3H3,(H,28,30)(H,29,31)/t15-,16-,18-/m0/s1. The van der Waals surface area contributed by atoms with Crippen LogP contribution in [0, 0.1) is 23.2 Å². The SMILES string of the molecule is COc1ccc(C#N)cc1[C@H](C)Nc1ncc(C(=O)NC[C@H]2CC[C@H](C(=O)OC)CC2)cc1Cl. The Morgan fingerprint density at radius 3 is 2.59 bits per heavy atom. The van der Waals surface area contributed by atoms with Gasteiger partial charge in [0.2, 0.25) is 0 Å². The monoisotopic (exact) mass is 484 g/mol. The van der Waals surface area contributed by atoms with Gasteiger partial charge >= 0.3 is 5.97 Å². The van der Waals surface area contributed by atoms with Gasteiger partial charge in [-0.2, -0.15) is 5.26 Å². The molecular formula is C25H29ClN4O4. The molecule has 1 aromatic carbocycles. The van der Waals surface area contributed by atoms with Crippen molar-refractivity contribution in [1.82, 2.24) is 10.3 Å². The zero-order valence-electron chi connectivity index (χ0n) is 19.6. The highest BCUT2D eigenvalue weighted by Gasteiger charge is 2.27.